The summed E-state index contributed by atoms with van der Waals surface area (Å²) in [6.07, 6.45) is 22.6. The van der Waals surface area contributed by atoms with Gasteiger partial charge in [-0.3, -0.25) is 4.79 Å². The van der Waals surface area contributed by atoms with Gasteiger partial charge >= 0.3 is 0 Å². The molecule has 0 aliphatic carbocycles. The summed E-state index contributed by atoms with van der Waals surface area (Å²) in [5, 5.41) is 0. The molecule has 1 heterocycles. The molecule has 158 valence electrons. The minimum atomic E-state index is 0.174. The van der Waals surface area contributed by atoms with Crippen LogP contribution in [-0.4, -0.2) is 36.1 Å². The van der Waals surface area contributed by atoms with Gasteiger partial charge in [-0.1, -0.05) is 70.4 Å². The molecule has 1 saturated heterocycles. The van der Waals surface area contributed by atoms with E-state index in [-0.39, 0.29) is 12.2 Å². The van der Waals surface area contributed by atoms with E-state index in [0.717, 1.165) is 19.5 Å². The van der Waals surface area contributed by atoms with E-state index in [2.05, 4.69) is 32.9 Å². The lowest BCUT2D eigenvalue weighted by Crippen LogP contribution is -2.48. The van der Waals surface area contributed by atoms with E-state index in [9.17, 15) is 4.79 Å². The van der Waals surface area contributed by atoms with E-state index in [0.29, 0.717) is 12.3 Å². The summed E-state index contributed by atoms with van der Waals surface area (Å²) >= 11 is 0. The zero-order valence-corrected chi connectivity index (χ0v) is 18.4. The van der Waals surface area contributed by atoms with Gasteiger partial charge in [-0.2, -0.15) is 0 Å². The summed E-state index contributed by atoms with van der Waals surface area (Å²) in [6.45, 7) is 7.90. The number of nitrogens with zero attached hydrogens (tertiary/aromatic N) is 1. The molecule has 0 radical (unpaired) electrons. The first-order chi connectivity index (χ1) is 13.1. The third kappa shape index (κ3) is 13.1. The Morgan fingerprint density at radius 2 is 1.30 bits per heavy atom. The van der Waals surface area contributed by atoms with E-state index in [1.807, 2.05) is 4.90 Å². The number of ether oxygens (including phenoxy) is 1. The molecule has 0 saturated carbocycles. The number of carbonyl (C=O) groups is 1. The summed E-state index contributed by atoms with van der Waals surface area (Å²) in [7, 11) is 0. The Morgan fingerprint density at radius 1 is 0.815 bits per heavy atom. The molecule has 0 aromatic carbocycles. The standard InChI is InChI=1S/C24H45NO2/c1-4-5-6-7-8-9-10-11-12-13-14-15-16-17-18-19-24(26)25-20-22(2)27-23(3)21-25/h10-11,22-23H,4-9,12-21H2,1-3H3/b11-10+. The number of carbonyl (C=O) groups excluding carboxylic acids is 1. The number of morpholine rings is 1. The highest BCUT2D eigenvalue weighted by Gasteiger charge is 2.25. The van der Waals surface area contributed by atoms with Crippen LogP contribution in [0.5, 0.6) is 0 Å². The van der Waals surface area contributed by atoms with Crippen molar-refractivity contribution in [2.45, 2.75) is 123 Å². The third-order valence-electron chi connectivity index (χ3n) is 5.42. The predicted octanol–water partition coefficient (Wildman–Crippen LogP) is 6.66. The van der Waals surface area contributed by atoms with Crippen molar-refractivity contribution in [2.75, 3.05) is 13.1 Å². The fourth-order valence-corrected chi connectivity index (χ4v) is 3.89. The van der Waals surface area contributed by atoms with Gasteiger partial charge in [-0.15, -0.1) is 0 Å². The van der Waals surface area contributed by atoms with Gasteiger partial charge in [0.15, 0.2) is 0 Å². The molecule has 0 bridgehead atoms. The monoisotopic (exact) mass is 379 g/mol. The number of unbranched alkanes of at least 4 members (excludes halogenated alkanes) is 11. The summed E-state index contributed by atoms with van der Waals surface area (Å²) in [6, 6.07) is 0. The van der Waals surface area contributed by atoms with Gasteiger partial charge in [0.1, 0.15) is 0 Å². The maximum atomic E-state index is 12.3. The van der Waals surface area contributed by atoms with Crippen LogP contribution in [0.15, 0.2) is 12.2 Å². The van der Waals surface area contributed by atoms with Crippen LogP contribution in [-0.2, 0) is 9.53 Å². The van der Waals surface area contributed by atoms with Crippen molar-refractivity contribution in [3.8, 4) is 0 Å². The zero-order valence-electron chi connectivity index (χ0n) is 18.4. The van der Waals surface area contributed by atoms with Gasteiger partial charge < -0.3 is 9.64 Å². The van der Waals surface area contributed by atoms with Gasteiger partial charge in [-0.25, -0.2) is 0 Å². The molecule has 0 N–H and O–H groups in total. The maximum Gasteiger partial charge on any atom is 0.222 e. The van der Waals surface area contributed by atoms with Crippen molar-refractivity contribution in [2.24, 2.45) is 0 Å². The Labute approximate surface area is 168 Å². The number of hydrogen-bond acceptors (Lipinski definition) is 2. The molecule has 2 atom stereocenters. The first kappa shape index (κ1) is 24.2. The highest BCUT2D eigenvalue weighted by molar-refractivity contribution is 5.76. The summed E-state index contributed by atoms with van der Waals surface area (Å²) in [4.78, 5) is 14.3. The lowest BCUT2D eigenvalue weighted by molar-refractivity contribution is -0.143. The van der Waals surface area contributed by atoms with Gasteiger partial charge in [0.25, 0.3) is 0 Å². The Balaban J connectivity index is 1.87. The molecule has 3 nitrogen and oxygen atoms in total. The van der Waals surface area contributed by atoms with Gasteiger partial charge in [0.2, 0.25) is 5.91 Å². The highest BCUT2D eigenvalue weighted by Crippen LogP contribution is 2.14. The van der Waals surface area contributed by atoms with Crippen LogP contribution in [0.25, 0.3) is 0 Å². The fourth-order valence-electron chi connectivity index (χ4n) is 3.89. The molecule has 3 heteroatoms. The summed E-state index contributed by atoms with van der Waals surface area (Å²) in [5.41, 5.74) is 0. The fraction of sp³-hybridized carbons (Fsp3) is 0.875. The normalized spacial score (nSPS) is 20.5. The molecule has 27 heavy (non-hydrogen) atoms. The molecule has 1 rings (SSSR count). The predicted molar refractivity (Wildman–Crippen MR) is 116 cm³/mol. The smallest absolute Gasteiger partial charge is 0.222 e. The van der Waals surface area contributed by atoms with Gasteiger partial charge in [0, 0.05) is 19.5 Å². The SMILES string of the molecule is CCCCCCC/C=C/CCCCCCCCC(=O)N1CC(C)OC(C)C1. The van der Waals surface area contributed by atoms with Crippen LogP contribution in [0.4, 0.5) is 0 Å². The average Bonchev–Trinajstić information content (AvgIpc) is 2.64. The second-order valence-corrected chi connectivity index (χ2v) is 8.39. The molecule has 1 amide bonds. The second-order valence-electron chi connectivity index (χ2n) is 8.39. The molecule has 1 fully saturated rings. The lowest BCUT2D eigenvalue weighted by Gasteiger charge is -2.35. The Kier molecular flexibility index (Phi) is 14.5. The van der Waals surface area contributed by atoms with Crippen molar-refractivity contribution < 1.29 is 9.53 Å². The minimum Gasteiger partial charge on any atom is -0.372 e. The largest absolute Gasteiger partial charge is 0.372 e. The van der Waals surface area contributed by atoms with Crippen LogP contribution in [0.3, 0.4) is 0 Å². The number of amides is 1. The molecule has 0 spiro atoms. The molecule has 1 aliphatic rings. The molecule has 0 aromatic rings. The third-order valence-corrected chi connectivity index (χ3v) is 5.42. The number of allylic oxidation sites excluding steroid dienone is 2. The van der Waals surface area contributed by atoms with E-state index >= 15 is 0 Å². The van der Waals surface area contributed by atoms with Crippen LogP contribution >= 0.6 is 0 Å². The molecule has 0 aromatic heterocycles. The van der Waals surface area contributed by atoms with Gasteiger partial charge in [-0.05, 0) is 46.0 Å². The Hall–Kier alpha value is -0.830. The summed E-state index contributed by atoms with van der Waals surface area (Å²) in [5.74, 6) is 0.317. The molecular weight excluding hydrogens is 334 g/mol. The van der Waals surface area contributed by atoms with E-state index in [1.165, 1.54) is 77.0 Å². The summed E-state index contributed by atoms with van der Waals surface area (Å²) < 4.78 is 5.70. The van der Waals surface area contributed by atoms with E-state index in [1.54, 1.807) is 0 Å². The van der Waals surface area contributed by atoms with Crippen LogP contribution in [0.2, 0.25) is 0 Å². The average molecular weight is 380 g/mol. The van der Waals surface area contributed by atoms with Crippen molar-refractivity contribution in [1.82, 2.24) is 4.90 Å². The Morgan fingerprint density at radius 3 is 1.85 bits per heavy atom. The first-order valence-electron chi connectivity index (χ1n) is 11.7. The molecule has 1 aliphatic heterocycles. The molecule has 2 unspecified atom stereocenters. The van der Waals surface area contributed by atoms with Crippen LogP contribution in [0.1, 0.15) is 111 Å². The van der Waals surface area contributed by atoms with Crippen LogP contribution < -0.4 is 0 Å². The van der Waals surface area contributed by atoms with Crippen LogP contribution in [0, 0.1) is 0 Å². The number of hydrogen-bond donors (Lipinski definition) is 0. The molecular formula is C24H45NO2. The van der Waals surface area contributed by atoms with Crippen molar-refractivity contribution in [3.05, 3.63) is 12.2 Å². The lowest BCUT2D eigenvalue weighted by atomic mass is 10.1. The second kappa shape index (κ2) is 16.2. The Bertz CT molecular complexity index is 384. The topological polar surface area (TPSA) is 29.5 Å². The maximum absolute atomic E-state index is 12.3. The van der Waals surface area contributed by atoms with Gasteiger partial charge in [0.05, 0.1) is 12.2 Å². The van der Waals surface area contributed by atoms with E-state index < -0.39 is 0 Å². The zero-order chi connectivity index (χ0) is 19.7. The minimum absolute atomic E-state index is 0.174. The van der Waals surface area contributed by atoms with Crippen molar-refractivity contribution in [3.63, 3.8) is 0 Å². The van der Waals surface area contributed by atoms with E-state index in [4.69, 9.17) is 4.74 Å². The quantitative estimate of drug-likeness (QED) is 0.235. The highest BCUT2D eigenvalue weighted by atomic mass is 16.5. The van der Waals surface area contributed by atoms with Crippen molar-refractivity contribution >= 4 is 5.91 Å². The first-order valence-corrected chi connectivity index (χ1v) is 11.7. The number of rotatable bonds is 15. The van der Waals surface area contributed by atoms with Crippen molar-refractivity contribution in [1.29, 1.82) is 0 Å².